The zero-order chi connectivity index (χ0) is 13.8. The summed E-state index contributed by atoms with van der Waals surface area (Å²) in [4.78, 5) is 22.9. The van der Waals surface area contributed by atoms with E-state index >= 15 is 0 Å². The van der Waals surface area contributed by atoms with Gasteiger partial charge in [-0.25, -0.2) is 4.79 Å². The maximum atomic E-state index is 12.0. The predicted molar refractivity (Wildman–Crippen MR) is 69.2 cm³/mol. The highest BCUT2D eigenvalue weighted by atomic mass is 16.4. The van der Waals surface area contributed by atoms with E-state index < -0.39 is 17.9 Å². The maximum absolute atomic E-state index is 12.0. The van der Waals surface area contributed by atoms with Gasteiger partial charge in [-0.05, 0) is 24.1 Å². The minimum atomic E-state index is -1.15. The van der Waals surface area contributed by atoms with Gasteiger partial charge in [-0.15, -0.1) is 0 Å². The van der Waals surface area contributed by atoms with Crippen molar-refractivity contribution in [3.63, 3.8) is 0 Å². The molecule has 1 heterocycles. The van der Waals surface area contributed by atoms with Crippen LogP contribution < -0.4 is 10.6 Å². The third kappa shape index (κ3) is 3.03. The second-order valence-electron chi connectivity index (χ2n) is 4.43. The molecule has 102 valence electrons. The summed E-state index contributed by atoms with van der Waals surface area (Å²) in [6.45, 7) is 0.561. The number of amides is 1. The monoisotopic (exact) mass is 264 g/mol. The van der Waals surface area contributed by atoms with Crippen molar-refractivity contribution < 1.29 is 19.8 Å². The number of hydrogen-bond acceptors (Lipinski definition) is 4. The van der Waals surface area contributed by atoms with Gasteiger partial charge in [0.25, 0.3) is 5.91 Å². The first kappa shape index (κ1) is 13.4. The molecule has 0 aromatic heterocycles. The van der Waals surface area contributed by atoms with Crippen LogP contribution >= 0.6 is 0 Å². The van der Waals surface area contributed by atoms with Gasteiger partial charge in [-0.2, -0.15) is 0 Å². The van der Waals surface area contributed by atoms with Crippen molar-refractivity contribution in [1.29, 1.82) is 0 Å². The van der Waals surface area contributed by atoms with Crippen LogP contribution in [0.2, 0.25) is 0 Å². The maximum Gasteiger partial charge on any atom is 0.326 e. The van der Waals surface area contributed by atoms with E-state index in [1.54, 1.807) is 12.1 Å². The first-order chi connectivity index (χ1) is 9.11. The van der Waals surface area contributed by atoms with Crippen molar-refractivity contribution in [1.82, 2.24) is 5.32 Å². The minimum absolute atomic E-state index is 0.00966. The number of carboxylic acid groups (broad SMARTS) is 1. The Morgan fingerprint density at radius 2 is 2.21 bits per heavy atom. The lowest BCUT2D eigenvalue weighted by atomic mass is 10.1. The van der Waals surface area contributed by atoms with Gasteiger partial charge in [0.15, 0.2) is 0 Å². The molecule has 6 nitrogen and oxygen atoms in total. The smallest absolute Gasteiger partial charge is 0.326 e. The van der Waals surface area contributed by atoms with Crippen molar-refractivity contribution in [2.75, 3.05) is 18.5 Å². The quantitative estimate of drug-likeness (QED) is 0.610. The van der Waals surface area contributed by atoms with Crippen LogP contribution in [0.5, 0.6) is 0 Å². The molecule has 0 bridgehead atoms. The lowest BCUT2D eigenvalue weighted by molar-refractivity contribution is -0.139. The van der Waals surface area contributed by atoms with Gasteiger partial charge in [0, 0.05) is 30.8 Å². The first-order valence-corrected chi connectivity index (χ1v) is 6.13. The van der Waals surface area contributed by atoms with Crippen LogP contribution in [0.15, 0.2) is 18.2 Å². The molecule has 0 fully saturated rings. The van der Waals surface area contributed by atoms with Crippen LogP contribution in [-0.2, 0) is 11.2 Å². The molecule has 1 aliphatic heterocycles. The molecule has 2 rings (SSSR count). The summed E-state index contributed by atoms with van der Waals surface area (Å²) < 4.78 is 0. The number of rotatable bonds is 5. The zero-order valence-electron chi connectivity index (χ0n) is 10.3. The molecule has 0 saturated heterocycles. The average molecular weight is 264 g/mol. The fraction of sp³-hybridized carbons (Fsp3) is 0.385. The molecule has 1 aromatic carbocycles. The molecule has 1 aliphatic rings. The number of nitrogens with one attached hydrogen (secondary N) is 2. The standard InChI is InChI=1S/C13H16N2O4/c16-6-4-10(13(18)19)15-12(17)9-2-1-8-3-5-14-11(8)7-9/h1-2,7,10,14,16H,3-6H2,(H,15,17)(H,18,19). The highest BCUT2D eigenvalue weighted by molar-refractivity contribution is 5.97. The Morgan fingerprint density at radius 1 is 1.42 bits per heavy atom. The van der Waals surface area contributed by atoms with Crippen molar-refractivity contribution in [3.8, 4) is 0 Å². The Balaban J connectivity index is 2.09. The van der Waals surface area contributed by atoms with Crippen LogP contribution in [0.25, 0.3) is 0 Å². The summed E-state index contributed by atoms with van der Waals surface area (Å²) in [6.07, 6.45) is 0.920. The van der Waals surface area contributed by atoms with Crippen LogP contribution in [-0.4, -0.2) is 41.3 Å². The van der Waals surface area contributed by atoms with Crippen molar-refractivity contribution >= 4 is 17.6 Å². The number of carbonyl (C=O) groups is 2. The molecule has 1 unspecified atom stereocenters. The summed E-state index contributed by atoms with van der Waals surface area (Å²) in [7, 11) is 0. The first-order valence-electron chi connectivity index (χ1n) is 6.13. The number of carbonyl (C=O) groups excluding carboxylic acids is 1. The molecular weight excluding hydrogens is 248 g/mol. The SMILES string of the molecule is O=C(NC(CCO)C(=O)O)c1ccc2c(c1)NCC2. The normalized spacial score (nSPS) is 14.4. The van der Waals surface area contributed by atoms with Gasteiger partial charge < -0.3 is 20.8 Å². The fourth-order valence-electron chi connectivity index (χ4n) is 2.06. The minimum Gasteiger partial charge on any atom is -0.480 e. The molecule has 1 amide bonds. The molecule has 0 radical (unpaired) electrons. The Hall–Kier alpha value is -2.08. The zero-order valence-corrected chi connectivity index (χ0v) is 10.3. The Bertz CT molecular complexity index is 501. The molecule has 1 aromatic rings. The van der Waals surface area contributed by atoms with Gasteiger partial charge in [0.2, 0.25) is 0 Å². The second kappa shape index (κ2) is 5.71. The lowest BCUT2D eigenvalue weighted by Crippen LogP contribution is -2.41. The van der Waals surface area contributed by atoms with Gasteiger partial charge >= 0.3 is 5.97 Å². The van der Waals surface area contributed by atoms with E-state index in [0.717, 1.165) is 24.2 Å². The van der Waals surface area contributed by atoms with Crippen molar-refractivity contribution in [3.05, 3.63) is 29.3 Å². The van der Waals surface area contributed by atoms with Gasteiger partial charge in [0.05, 0.1) is 0 Å². The molecule has 1 atom stereocenters. The second-order valence-corrected chi connectivity index (χ2v) is 4.43. The van der Waals surface area contributed by atoms with E-state index in [1.807, 2.05) is 6.07 Å². The largest absolute Gasteiger partial charge is 0.480 e. The highest BCUT2D eigenvalue weighted by Gasteiger charge is 2.21. The fourth-order valence-corrected chi connectivity index (χ4v) is 2.06. The third-order valence-corrected chi connectivity index (χ3v) is 3.10. The Labute approximate surface area is 110 Å². The molecule has 4 N–H and O–H groups in total. The van der Waals surface area contributed by atoms with E-state index in [2.05, 4.69) is 10.6 Å². The number of carboxylic acids is 1. The summed E-state index contributed by atoms with van der Waals surface area (Å²) in [5, 5.41) is 23.2. The van der Waals surface area contributed by atoms with E-state index in [4.69, 9.17) is 10.2 Å². The molecular formula is C13H16N2O4. The van der Waals surface area contributed by atoms with E-state index in [9.17, 15) is 9.59 Å². The van der Waals surface area contributed by atoms with Crippen LogP contribution in [0, 0.1) is 0 Å². The van der Waals surface area contributed by atoms with Crippen LogP contribution in [0.3, 0.4) is 0 Å². The summed E-state index contributed by atoms with van der Waals surface area (Å²) >= 11 is 0. The number of aliphatic hydroxyl groups excluding tert-OH is 1. The molecule has 6 heteroatoms. The summed E-state index contributed by atoms with van der Waals surface area (Å²) in [6, 6.07) is 4.19. The number of aliphatic hydroxyl groups is 1. The number of anilines is 1. The molecule has 0 saturated carbocycles. The Kier molecular flexibility index (Phi) is 4.01. The molecule has 19 heavy (non-hydrogen) atoms. The molecule has 0 spiro atoms. The third-order valence-electron chi connectivity index (χ3n) is 3.10. The Morgan fingerprint density at radius 3 is 2.89 bits per heavy atom. The van der Waals surface area contributed by atoms with Crippen molar-refractivity contribution in [2.45, 2.75) is 18.9 Å². The van der Waals surface area contributed by atoms with E-state index in [1.165, 1.54) is 0 Å². The average Bonchev–Trinajstić information content (AvgIpc) is 2.85. The molecule has 0 aliphatic carbocycles. The van der Waals surface area contributed by atoms with Gasteiger partial charge in [-0.1, -0.05) is 6.07 Å². The van der Waals surface area contributed by atoms with Crippen LogP contribution in [0.4, 0.5) is 5.69 Å². The van der Waals surface area contributed by atoms with Gasteiger partial charge in [-0.3, -0.25) is 4.79 Å². The number of fused-ring (bicyclic) bond motifs is 1. The van der Waals surface area contributed by atoms with Crippen LogP contribution in [0.1, 0.15) is 22.3 Å². The predicted octanol–water partition coefficient (Wildman–Crippen LogP) is 0.220. The van der Waals surface area contributed by atoms with E-state index in [0.29, 0.717) is 5.56 Å². The lowest BCUT2D eigenvalue weighted by Gasteiger charge is -2.13. The summed E-state index contributed by atoms with van der Waals surface area (Å²) in [5.74, 6) is -1.60. The van der Waals surface area contributed by atoms with E-state index in [-0.39, 0.29) is 13.0 Å². The van der Waals surface area contributed by atoms with Crippen molar-refractivity contribution in [2.24, 2.45) is 0 Å². The number of aliphatic carboxylic acids is 1. The number of benzene rings is 1. The highest BCUT2D eigenvalue weighted by Crippen LogP contribution is 2.23. The topological polar surface area (TPSA) is 98.7 Å². The summed E-state index contributed by atoms with van der Waals surface area (Å²) in [5.41, 5.74) is 2.49. The number of hydrogen-bond donors (Lipinski definition) is 4. The van der Waals surface area contributed by atoms with Gasteiger partial charge in [0.1, 0.15) is 6.04 Å².